The lowest BCUT2D eigenvalue weighted by molar-refractivity contribution is -0.0423. The molecule has 0 amide bonds. The van der Waals surface area contributed by atoms with Crippen LogP contribution in [0.1, 0.15) is 30.5 Å². The highest BCUT2D eigenvalue weighted by Gasteiger charge is 2.37. The summed E-state index contributed by atoms with van der Waals surface area (Å²) in [5.74, 6) is 0. The normalized spacial score (nSPS) is 18.4. The summed E-state index contributed by atoms with van der Waals surface area (Å²) in [5.41, 5.74) is 2.39. The Hall–Kier alpha value is -1.41. The van der Waals surface area contributed by atoms with Gasteiger partial charge in [-0.05, 0) is 44.4 Å². The number of aryl methyl sites for hydroxylation is 1. The molecule has 1 aliphatic rings. The van der Waals surface area contributed by atoms with E-state index in [2.05, 4.69) is 30.1 Å². The number of rotatable bonds is 1. The largest absolute Gasteiger partial charge is 0.384 e. The Bertz CT molecular complexity index is 543. The van der Waals surface area contributed by atoms with Crippen LogP contribution in [0.15, 0.2) is 30.3 Å². The van der Waals surface area contributed by atoms with Gasteiger partial charge in [-0.1, -0.05) is 17.7 Å². The van der Waals surface area contributed by atoms with E-state index >= 15 is 0 Å². The quantitative estimate of drug-likeness (QED) is 0.790. The number of hydrogen-bond acceptors (Lipinski definition) is 2. The van der Waals surface area contributed by atoms with Gasteiger partial charge in [0.15, 0.2) is 0 Å². The molecule has 2 nitrogen and oxygen atoms in total. The molecule has 1 saturated carbocycles. The van der Waals surface area contributed by atoms with Crippen LogP contribution in [0.25, 0.3) is 10.9 Å². The van der Waals surface area contributed by atoms with Crippen LogP contribution in [0, 0.1) is 6.92 Å². The molecule has 1 heterocycles. The van der Waals surface area contributed by atoms with Crippen molar-refractivity contribution in [2.45, 2.75) is 31.8 Å². The van der Waals surface area contributed by atoms with Gasteiger partial charge in [0.05, 0.1) is 11.2 Å². The van der Waals surface area contributed by atoms with Crippen LogP contribution in [0.4, 0.5) is 0 Å². The summed E-state index contributed by atoms with van der Waals surface area (Å²) in [5, 5.41) is 11.4. The molecule has 1 fully saturated rings. The fraction of sp³-hybridized carbons (Fsp3) is 0.357. The molecule has 16 heavy (non-hydrogen) atoms. The predicted molar refractivity (Wildman–Crippen MR) is 64.2 cm³/mol. The zero-order chi connectivity index (χ0) is 11.2. The molecule has 1 aliphatic carbocycles. The molecule has 1 aromatic carbocycles. The lowest BCUT2D eigenvalue weighted by Crippen LogP contribution is -2.34. The van der Waals surface area contributed by atoms with Crippen molar-refractivity contribution in [3.05, 3.63) is 41.6 Å². The van der Waals surface area contributed by atoms with E-state index in [1.54, 1.807) is 0 Å². The number of aliphatic hydroxyl groups is 1. The fourth-order valence-electron chi connectivity index (χ4n) is 2.27. The fourth-order valence-corrected chi connectivity index (χ4v) is 2.27. The third kappa shape index (κ3) is 1.41. The van der Waals surface area contributed by atoms with E-state index in [1.165, 1.54) is 5.56 Å². The lowest BCUT2D eigenvalue weighted by atomic mass is 9.77. The lowest BCUT2D eigenvalue weighted by Gasteiger charge is -2.36. The Morgan fingerprint density at radius 1 is 1.19 bits per heavy atom. The molecule has 0 aliphatic heterocycles. The second-order valence-corrected chi connectivity index (χ2v) is 4.78. The van der Waals surface area contributed by atoms with E-state index in [4.69, 9.17) is 0 Å². The van der Waals surface area contributed by atoms with Gasteiger partial charge in [-0.25, -0.2) is 4.98 Å². The van der Waals surface area contributed by atoms with Gasteiger partial charge in [-0.2, -0.15) is 0 Å². The Labute approximate surface area is 94.9 Å². The third-order valence-electron chi connectivity index (χ3n) is 3.50. The van der Waals surface area contributed by atoms with Gasteiger partial charge in [0.1, 0.15) is 5.60 Å². The van der Waals surface area contributed by atoms with Crippen LogP contribution >= 0.6 is 0 Å². The van der Waals surface area contributed by atoms with Crippen molar-refractivity contribution in [1.29, 1.82) is 0 Å². The van der Waals surface area contributed by atoms with Crippen LogP contribution in [-0.4, -0.2) is 10.1 Å². The number of nitrogens with zero attached hydrogens (tertiary/aromatic N) is 1. The van der Waals surface area contributed by atoms with Gasteiger partial charge < -0.3 is 5.11 Å². The van der Waals surface area contributed by atoms with Crippen molar-refractivity contribution >= 4 is 10.9 Å². The van der Waals surface area contributed by atoms with E-state index in [0.29, 0.717) is 0 Å². The monoisotopic (exact) mass is 213 g/mol. The number of hydrogen-bond donors (Lipinski definition) is 1. The molecular formula is C14H15NO. The summed E-state index contributed by atoms with van der Waals surface area (Å²) in [7, 11) is 0. The molecule has 0 radical (unpaired) electrons. The summed E-state index contributed by atoms with van der Waals surface area (Å²) in [6, 6.07) is 10.2. The Morgan fingerprint density at radius 2 is 2.00 bits per heavy atom. The maximum atomic E-state index is 10.2. The molecule has 0 unspecified atom stereocenters. The maximum Gasteiger partial charge on any atom is 0.107 e. The average molecular weight is 213 g/mol. The predicted octanol–water partition coefficient (Wildman–Crippen LogP) is 2.91. The van der Waals surface area contributed by atoms with Gasteiger partial charge in [-0.15, -0.1) is 0 Å². The van der Waals surface area contributed by atoms with E-state index in [9.17, 15) is 5.11 Å². The molecule has 0 spiro atoms. The van der Waals surface area contributed by atoms with Crippen molar-refractivity contribution in [1.82, 2.24) is 4.98 Å². The molecule has 2 heteroatoms. The molecular weight excluding hydrogens is 198 g/mol. The first kappa shape index (κ1) is 9.79. The Balaban J connectivity index is 2.12. The second-order valence-electron chi connectivity index (χ2n) is 4.78. The summed E-state index contributed by atoms with van der Waals surface area (Å²) in [6.45, 7) is 2.08. The van der Waals surface area contributed by atoms with Gasteiger partial charge in [0, 0.05) is 5.39 Å². The highest BCUT2D eigenvalue weighted by molar-refractivity contribution is 5.79. The summed E-state index contributed by atoms with van der Waals surface area (Å²) in [4.78, 5) is 4.56. The van der Waals surface area contributed by atoms with Gasteiger partial charge in [0.2, 0.25) is 0 Å². The third-order valence-corrected chi connectivity index (χ3v) is 3.50. The smallest absolute Gasteiger partial charge is 0.107 e. The van der Waals surface area contributed by atoms with Crippen molar-refractivity contribution in [3.63, 3.8) is 0 Å². The minimum Gasteiger partial charge on any atom is -0.384 e. The average Bonchev–Trinajstić information content (AvgIpc) is 2.25. The molecule has 0 atom stereocenters. The summed E-state index contributed by atoms with van der Waals surface area (Å²) >= 11 is 0. The van der Waals surface area contributed by atoms with Crippen LogP contribution in [0.5, 0.6) is 0 Å². The highest BCUT2D eigenvalue weighted by Crippen LogP contribution is 2.40. The van der Waals surface area contributed by atoms with E-state index in [0.717, 1.165) is 35.9 Å². The molecule has 1 aromatic heterocycles. The Kier molecular flexibility index (Phi) is 2.01. The van der Waals surface area contributed by atoms with Gasteiger partial charge >= 0.3 is 0 Å². The number of aromatic nitrogens is 1. The van der Waals surface area contributed by atoms with Crippen molar-refractivity contribution in [2.75, 3.05) is 0 Å². The molecule has 1 N–H and O–H groups in total. The minimum atomic E-state index is -0.654. The van der Waals surface area contributed by atoms with E-state index in [1.807, 2.05) is 12.1 Å². The zero-order valence-corrected chi connectivity index (χ0v) is 9.40. The van der Waals surface area contributed by atoms with Crippen molar-refractivity contribution in [3.8, 4) is 0 Å². The van der Waals surface area contributed by atoms with Crippen LogP contribution in [0.2, 0.25) is 0 Å². The first-order valence-electron chi connectivity index (χ1n) is 5.78. The minimum absolute atomic E-state index is 0.654. The van der Waals surface area contributed by atoms with E-state index < -0.39 is 5.60 Å². The highest BCUT2D eigenvalue weighted by atomic mass is 16.3. The van der Waals surface area contributed by atoms with Gasteiger partial charge in [0.25, 0.3) is 0 Å². The first-order valence-corrected chi connectivity index (χ1v) is 5.78. The van der Waals surface area contributed by atoms with Crippen LogP contribution < -0.4 is 0 Å². The number of benzene rings is 1. The molecule has 0 saturated heterocycles. The number of fused-ring (bicyclic) bond motifs is 1. The standard InChI is InChI=1S/C14H15NO/c1-10-3-5-12-11(9-10)4-6-13(15-12)14(16)7-2-8-14/h3-6,9,16H,2,7-8H2,1H3. The van der Waals surface area contributed by atoms with Crippen LogP contribution in [0.3, 0.4) is 0 Å². The summed E-state index contributed by atoms with van der Waals surface area (Å²) < 4.78 is 0. The second kappa shape index (κ2) is 3.29. The van der Waals surface area contributed by atoms with Crippen molar-refractivity contribution in [2.24, 2.45) is 0 Å². The first-order chi connectivity index (χ1) is 7.67. The summed E-state index contributed by atoms with van der Waals surface area (Å²) in [6.07, 6.45) is 2.79. The van der Waals surface area contributed by atoms with Crippen molar-refractivity contribution < 1.29 is 5.11 Å². The van der Waals surface area contributed by atoms with Crippen LogP contribution in [-0.2, 0) is 5.60 Å². The number of pyridine rings is 1. The molecule has 2 aromatic rings. The molecule has 3 rings (SSSR count). The topological polar surface area (TPSA) is 33.1 Å². The maximum absolute atomic E-state index is 10.2. The Morgan fingerprint density at radius 3 is 2.69 bits per heavy atom. The SMILES string of the molecule is Cc1ccc2nc(C3(O)CCC3)ccc2c1. The zero-order valence-electron chi connectivity index (χ0n) is 9.40. The van der Waals surface area contributed by atoms with Gasteiger partial charge in [-0.3, -0.25) is 0 Å². The molecule has 0 bridgehead atoms. The molecule has 82 valence electrons. The van der Waals surface area contributed by atoms with E-state index in [-0.39, 0.29) is 0 Å².